The molecule has 188 valence electrons. The van der Waals surface area contributed by atoms with Crippen LogP contribution in [0.15, 0.2) is 49.1 Å². The number of hydrogen-bond acceptors (Lipinski definition) is 5. The Morgan fingerprint density at radius 3 is 2.60 bits per heavy atom. The van der Waals surface area contributed by atoms with Crippen LogP contribution < -0.4 is 10.6 Å². The minimum Gasteiger partial charge on any atom is -0.395 e. The first kappa shape index (κ1) is 27.0. The molecule has 1 amide bonds. The summed E-state index contributed by atoms with van der Waals surface area (Å²) in [5.74, 6) is -3.70. The Morgan fingerprint density at radius 1 is 1.09 bits per heavy atom. The smallest absolute Gasteiger partial charge is 0.256 e. The molecule has 0 saturated heterocycles. The van der Waals surface area contributed by atoms with Gasteiger partial charge in [-0.3, -0.25) is 4.79 Å². The second kappa shape index (κ2) is 13.4. The zero-order valence-electron chi connectivity index (χ0n) is 19.0. The molecule has 2 aromatic carbocycles. The molecule has 1 aromatic heterocycles. The van der Waals surface area contributed by atoms with Crippen molar-refractivity contribution in [2.75, 3.05) is 38.1 Å². The molecule has 35 heavy (non-hydrogen) atoms. The molecule has 3 N–H and O–H groups in total. The second-order valence-corrected chi connectivity index (χ2v) is 9.05. The van der Waals surface area contributed by atoms with Gasteiger partial charge >= 0.3 is 0 Å². The van der Waals surface area contributed by atoms with E-state index in [4.69, 9.17) is 0 Å². The van der Waals surface area contributed by atoms with Gasteiger partial charge < -0.3 is 25.2 Å². The number of imidazole rings is 1. The molecule has 1 heterocycles. The molecule has 0 unspecified atom stereocenters. The molecule has 0 aliphatic heterocycles. The number of aryl methyl sites for hydroxylation is 1. The monoisotopic (exact) mass is 601 g/mol. The molecule has 0 saturated carbocycles. The number of aliphatic hydroxyl groups excluding tert-OH is 1. The van der Waals surface area contributed by atoms with Crippen LogP contribution in [0.5, 0.6) is 0 Å². The van der Waals surface area contributed by atoms with Gasteiger partial charge in [0.15, 0.2) is 11.6 Å². The van der Waals surface area contributed by atoms with Crippen LogP contribution in [0.4, 0.5) is 24.5 Å². The van der Waals surface area contributed by atoms with Crippen LogP contribution in [0.25, 0.3) is 0 Å². The molecule has 0 aliphatic carbocycles. The van der Waals surface area contributed by atoms with E-state index in [9.17, 15) is 23.1 Å². The predicted octanol–water partition coefficient (Wildman–Crippen LogP) is 4.15. The van der Waals surface area contributed by atoms with E-state index in [1.165, 1.54) is 17.0 Å². The first-order valence-electron chi connectivity index (χ1n) is 11.2. The maximum absolute atomic E-state index is 14.7. The maximum atomic E-state index is 14.7. The molecule has 0 radical (unpaired) electrons. The van der Waals surface area contributed by atoms with Crippen LogP contribution in [0, 0.1) is 21.0 Å². The summed E-state index contributed by atoms with van der Waals surface area (Å²) in [6.07, 6.45) is 6.88. The topological polar surface area (TPSA) is 82.4 Å². The van der Waals surface area contributed by atoms with Gasteiger partial charge in [-0.1, -0.05) is 0 Å². The van der Waals surface area contributed by atoms with Gasteiger partial charge in [0.05, 0.1) is 29.9 Å². The highest BCUT2D eigenvalue weighted by atomic mass is 127. The first-order chi connectivity index (χ1) is 16.9. The zero-order chi connectivity index (χ0) is 25.2. The van der Waals surface area contributed by atoms with Crippen molar-refractivity contribution in [3.8, 4) is 0 Å². The van der Waals surface area contributed by atoms with Crippen LogP contribution in [-0.4, -0.2) is 58.3 Å². The van der Waals surface area contributed by atoms with Gasteiger partial charge in [0.2, 0.25) is 0 Å². The van der Waals surface area contributed by atoms with Gasteiger partial charge in [-0.05, 0) is 78.9 Å². The number of anilines is 2. The Balaban J connectivity index is 1.63. The number of amides is 1. The molecule has 0 aliphatic rings. The number of aromatic nitrogens is 2. The average Bonchev–Trinajstić information content (AvgIpc) is 3.35. The lowest BCUT2D eigenvalue weighted by molar-refractivity contribution is 0.0720. The Labute approximate surface area is 215 Å². The van der Waals surface area contributed by atoms with Crippen molar-refractivity contribution in [1.29, 1.82) is 0 Å². The van der Waals surface area contributed by atoms with E-state index in [2.05, 4.69) is 15.6 Å². The molecule has 3 rings (SSSR count). The number of nitrogens with zero attached hydrogens (tertiary/aromatic N) is 3. The van der Waals surface area contributed by atoms with Gasteiger partial charge in [-0.15, -0.1) is 0 Å². The maximum Gasteiger partial charge on any atom is 0.256 e. The van der Waals surface area contributed by atoms with Gasteiger partial charge in [0.1, 0.15) is 5.82 Å². The minimum atomic E-state index is -1.28. The molecule has 0 fully saturated rings. The van der Waals surface area contributed by atoms with Crippen LogP contribution in [0.1, 0.15) is 23.2 Å². The summed E-state index contributed by atoms with van der Waals surface area (Å²) in [4.78, 5) is 18.6. The quantitative estimate of drug-likeness (QED) is 0.203. The summed E-state index contributed by atoms with van der Waals surface area (Å²) >= 11 is 1.93. The predicted molar refractivity (Wildman–Crippen MR) is 136 cm³/mol. The summed E-state index contributed by atoms with van der Waals surface area (Å²) in [5.41, 5.74) is -0.683. The largest absolute Gasteiger partial charge is 0.395 e. The summed E-state index contributed by atoms with van der Waals surface area (Å²) < 4.78 is 45.6. The third kappa shape index (κ3) is 7.67. The lowest BCUT2D eigenvalue weighted by Crippen LogP contribution is -2.36. The number of aliphatic hydroxyl groups is 1. The Bertz CT molecular complexity index is 1110. The van der Waals surface area contributed by atoms with E-state index in [1.54, 1.807) is 18.6 Å². The third-order valence-electron chi connectivity index (χ3n) is 5.28. The fraction of sp³-hybridized carbons (Fsp3) is 0.333. The molecule has 0 atom stereocenters. The summed E-state index contributed by atoms with van der Waals surface area (Å²) in [7, 11) is 0. The summed E-state index contributed by atoms with van der Waals surface area (Å²) in [5, 5.41) is 15.3. The minimum absolute atomic E-state index is 0.0236. The number of carbonyl (C=O) groups excluding carboxylic acids is 1. The van der Waals surface area contributed by atoms with Crippen LogP contribution >= 0.6 is 22.6 Å². The molecule has 11 heteroatoms. The fourth-order valence-electron chi connectivity index (χ4n) is 3.51. The zero-order valence-corrected chi connectivity index (χ0v) is 21.1. The van der Waals surface area contributed by atoms with Crippen LogP contribution in [0.2, 0.25) is 0 Å². The van der Waals surface area contributed by atoms with Gasteiger partial charge in [-0.25, -0.2) is 18.2 Å². The van der Waals surface area contributed by atoms with Crippen molar-refractivity contribution in [3.05, 3.63) is 75.6 Å². The fourth-order valence-corrected chi connectivity index (χ4v) is 3.96. The highest BCUT2D eigenvalue weighted by Gasteiger charge is 2.23. The van der Waals surface area contributed by atoms with Crippen molar-refractivity contribution in [2.24, 2.45) is 0 Å². The SMILES string of the molecule is O=C(c1ccc(F)c(F)c1Nc1ccc(I)cc1F)N(CCO)CCCNCCCn1ccnc1. The highest BCUT2D eigenvalue weighted by molar-refractivity contribution is 14.1. The molecular weight excluding hydrogens is 574 g/mol. The number of benzene rings is 2. The van der Waals surface area contributed by atoms with Crippen molar-refractivity contribution in [3.63, 3.8) is 0 Å². The van der Waals surface area contributed by atoms with Crippen molar-refractivity contribution in [1.82, 2.24) is 19.8 Å². The number of nitrogens with one attached hydrogen (secondary N) is 2. The number of carbonyl (C=O) groups is 1. The summed E-state index contributed by atoms with van der Waals surface area (Å²) in [6.45, 7) is 2.29. The molecule has 0 spiro atoms. The summed E-state index contributed by atoms with van der Waals surface area (Å²) in [6, 6.07) is 6.25. The van der Waals surface area contributed by atoms with Crippen molar-refractivity contribution < 1.29 is 23.1 Å². The van der Waals surface area contributed by atoms with E-state index >= 15 is 0 Å². The van der Waals surface area contributed by atoms with Crippen LogP contribution in [-0.2, 0) is 6.54 Å². The number of hydrogen-bond donors (Lipinski definition) is 3. The van der Waals surface area contributed by atoms with Gasteiger partial charge in [-0.2, -0.15) is 0 Å². The molecular formula is C24H27F3IN5O2. The first-order valence-corrected chi connectivity index (χ1v) is 12.2. The average molecular weight is 601 g/mol. The Kier molecular flexibility index (Phi) is 10.4. The van der Waals surface area contributed by atoms with Gasteiger partial charge in [0, 0.05) is 35.6 Å². The highest BCUT2D eigenvalue weighted by Crippen LogP contribution is 2.29. The van der Waals surface area contributed by atoms with Crippen LogP contribution in [0.3, 0.4) is 0 Å². The van der Waals surface area contributed by atoms with Gasteiger partial charge in [0.25, 0.3) is 5.91 Å². The number of rotatable bonds is 13. The Morgan fingerprint density at radius 2 is 1.89 bits per heavy atom. The Hall–Kier alpha value is -2.64. The molecule has 7 nitrogen and oxygen atoms in total. The number of halogens is 4. The molecule has 3 aromatic rings. The van der Waals surface area contributed by atoms with Crippen molar-refractivity contribution >= 4 is 39.9 Å². The van der Waals surface area contributed by atoms with E-state index in [-0.39, 0.29) is 24.4 Å². The lowest BCUT2D eigenvalue weighted by atomic mass is 10.1. The molecule has 0 bridgehead atoms. The normalized spacial score (nSPS) is 11.0. The van der Waals surface area contributed by atoms with E-state index in [0.717, 1.165) is 31.6 Å². The lowest BCUT2D eigenvalue weighted by Gasteiger charge is -2.24. The van der Waals surface area contributed by atoms with Crippen molar-refractivity contribution in [2.45, 2.75) is 19.4 Å². The van der Waals surface area contributed by atoms with E-state index < -0.39 is 29.0 Å². The van der Waals surface area contributed by atoms with E-state index in [0.29, 0.717) is 23.1 Å². The second-order valence-electron chi connectivity index (χ2n) is 7.81. The third-order valence-corrected chi connectivity index (χ3v) is 5.95. The van der Waals surface area contributed by atoms with E-state index in [1.807, 2.05) is 33.4 Å². The standard InChI is InChI=1S/C24H27F3IN5O2/c25-19-5-4-18(23(22(19)27)31-21-6-3-17(28)15-20(21)26)24(35)33(13-14-34)11-2-8-29-7-1-10-32-12-9-30-16-32/h3-6,9,12,15-16,29,31,34H,1-2,7-8,10-11,13-14H2.